The number of phenols is 1. The molecule has 5 nitrogen and oxygen atoms in total. The Morgan fingerprint density at radius 3 is 2.63 bits per heavy atom. The van der Waals surface area contributed by atoms with E-state index in [9.17, 15) is 9.90 Å². The molecule has 2 aromatic carbocycles. The Kier molecular flexibility index (Phi) is 5.00. The number of quaternary nitrogens is 1. The van der Waals surface area contributed by atoms with E-state index in [1.54, 1.807) is 6.07 Å². The molecule has 0 atom stereocenters. The van der Waals surface area contributed by atoms with Crippen LogP contribution in [0.15, 0.2) is 51.7 Å². The van der Waals surface area contributed by atoms with Crippen molar-refractivity contribution in [3.05, 3.63) is 68.5 Å². The first kappa shape index (κ1) is 18.2. The van der Waals surface area contributed by atoms with Crippen molar-refractivity contribution in [2.75, 3.05) is 31.1 Å². The van der Waals surface area contributed by atoms with Gasteiger partial charge >= 0.3 is 5.63 Å². The van der Waals surface area contributed by atoms with E-state index in [0.717, 1.165) is 47.8 Å². The summed E-state index contributed by atoms with van der Waals surface area (Å²) in [5.41, 5.74) is 1.96. The van der Waals surface area contributed by atoms with Gasteiger partial charge in [0.25, 0.3) is 0 Å². The number of phenolic OH excluding ortho intramolecular Hbond substituents is 1. The molecule has 3 aromatic rings. The Morgan fingerprint density at radius 2 is 1.89 bits per heavy atom. The minimum Gasteiger partial charge on any atom is -0.506 e. The van der Waals surface area contributed by atoms with Crippen molar-refractivity contribution >= 4 is 39.9 Å². The molecule has 1 aliphatic heterocycles. The van der Waals surface area contributed by atoms with Crippen molar-refractivity contribution in [1.82, 2.24) is 0 Å². The molecule has 0 unspecified atom stereocenters. The molecule has 7 heteroatoms. The Hall–Kier alpha value is -2.21. The summed E-state index contributed by atoms with van der Waals surface area (Å²) in [7, 11) is 0. The standard InChI is InChI=1S/C20H18Cl2N2O3/c21-14-2-1-3-15(9-14)24-6-4-23(5-7-24)12-13-8-20(26)27-19-11-18(25)17(22)10-16(13)19/h1-3,8-11,25H,4-7,12H2/p+1. The van der Waals surface area contributed by atoms with Gasteiger partial charge in [-0.2, -0.15) is 0 Å². The summed E-state index contributed by atoms with van der Waals surface area (Å²) in [6.07, 6.45) is 0. The van der Waals surface area contributed by atoms with E-state index >= 15 is 0 Å². The van der Waals surface area contributed by atoms with Crippen molar-refractivity contribution < 1.29 is 14.4 Å². The van der Waals surface area contributed by atoms with Crippen LogP contribution in [-0.2, 0) is 6.54 Å². The number of halogens is 2. The largest absolute Gasteiger partial charge is 0.506 e. The summed E-state index contributed by atoms with van der Waals surface area (Å²) in [6, 6.07) is 12.5. The number of hydrogen-bond donors (Lipinski definition) is 2. The second-order valence-corrected chi connectivity index (χ2v) is 7.63. The molecule has 1 aliphatic rings. The number of fused-ring (bicyclic) bond motifs is 1. The quantitative estimate of drug-likeness (QED) is 0.657. The molecule has 0 bridgehead atoms. The maximum Gasteiger partial charge on any atom is 0.336 e. The van der Waals surface area contributed by atoms with Gasteiger partial charge in [-0.25, -0.2) is 4.79 Å². The fraction of sp³-hybridized carbons (Fsp3) is 0.250. The van der Waals surface area contributed by atoms with Crippen molar-refractivity contribution in [1.29, 1.82) is 0 Å². The van der Waals surface area contributed by atoms with Crippen LogP contribution in [0.5, 0.6) is 5.75 Å². The first-order valence-corrected chi connectivity index (χ1v) is 9.54. The van der Waals surface area contributed by atoms with Crippen LogP contribution in [0.1, 0.15) is 5.56 Å². The molecular weight excluding hydrogens is 387 g/mol. The maximum atomic E-state index is 11.9. The molecule has 0 spiro atoms. The van der Waals surface area contributed by atoms with Crippen molar-refractivity contribution in [2.45, 2.75) is 6.54 Å². The van der Waals surface area contributed by atoms with Crippen LogP contribution in [-0.4, -0.2) is 31.3 Å². The number of rotatable bonds is 3. The molecule has 0 amide bonds. The third-order valence-corrected chi connectivity index (χ3v) is 5.52. The highest BCUT2D eigenvalue weighted by Gasteiger charge is 2.22. The Balaban J connectivity index is 1.52. The Bertz CT molecular complexity index is 1040. The maximum absolute atomic E-state index is 11.9. The second-order valence-electron chi connectivity index (χ2n) is 6.78. The molecule has 27 heavy (non-hydrogen) atoms. The number of aromatic hydroxyl groups is 1. The van der Waals surface area contributed by atoms with Gasteiger partial charge in [0, 0.05) is 33.8 Å². The van der Waals surface area contributed by atoms with Crippen molar-refractivity contribution in [2.24, 2.45) is 0 Å². The van der Waals surface area contributed by atoms with E-state index in [4.69, 9.17) is 27.6 Å². The minimum absolute atomic E-state index is 0.0908. The molecule has 1 aromatic heterocycles. The van der Waals surface area contributed by atoms with Gasteiger partial charge in [-0.05, 0) is 24.3 Å². The topological polar surface area (TPSA) is 58.1 Å². The normalized spacial score (nSPS) is 15.4. The van der Waals surface area contributed by atoms with Crippen LogP contribution in [0, 0.1) is 0 Å². The number of nitrogens with zero attached hydrogens (tertiary/aromatic N) is 1. The SMILES string of the molecule is O=c1cc(C[NH+]2CCN(c3cccc(Cl)c3)CC2)c2cc(Cl)c(O)cc2o1. The summed E-state index contributed by atoms with van der Waals surface area (Å²) in [4.78, 5) is 15.6. The zero-order valence-electron chi connectivity index (χ0n) is 14.5. The minimum atomic E-state index is -0.420. The number of benzene rings is 2. The monoisotopic (exact) mass is 405 g/mol. The fourth-order valence-electron chi connectivity index (χ4n) is 3.58. The Labute approximate surface area is 166 Å². The molecule has 2 N–H and O–H groups in total. The molecule has 0 saturated carbocycles. The lowest BCUT2D eigenvalue weighted by molar-refractivity contribution is -0.914. The highest BCUT2D eigenvalue weighted by Crippen LogP contribution is 2.29. The van der Waals surface area contributed by atoms with Gasteiger partial charge < -0.3 is 19.3 Å². The van der Waals surface area contributed by atoms with Crippen LogP contribution in [0.2, 0.25) is 10.0 Å². The van der Waals surface area contributed by atoms with Gasteiger partial charge in [-0.15, -0.1) is 0 Å². The number of nitrogens with one attached hydrogen (secondary N) is 1. The van der Waals surface area contributed by atoms with Gasteiger partial charge in [-0.3, -0.25) is 0 Å². The number of hydrogen-bond acceptors (Lipinski definition) is 4. The highest BCUT2D eigenvalue weighted by molar-refractivity contribution is 6.32. The van der Waals surface area contributed by atoms with Crippen LogP contribution in [0.4, 0.5) is 5.69 Å². The zero-order chi connectivity index (χ0) is 19.0. The van der Waals surface area contributed by atoms with Gasteiger partial charge in [-0.1, -0.05) is 29.3 Å². The molecule has 4 rings (SSSR count). The van der Waals surface area contributed by atoms with Crippen LogP contribution in [0.25, 0.3) is 11.0 Å². The van der Waals surface area contributed by atoms with Crippen LogP contribution < -0.4 is 15.4 Å². The zero-order valence-corrected chi connectivity index (χ0v) is 16.1. The number of piperazine rings is 1. The van der Waals surface area contributed by atoms with Gasteiger partial charge in [0.2, 0.25) is 0 Å². The van der Waals surface area contributed by atoms with E-state index in [0.29, 0.717) is 12.1 Å². The van der Waals surface area contributed by atoms with Crippen LogP contribution in [0.3, 0.4) is 0 Å². The van der Waals surface area contributed by atoms with Gasteiger partial charge in [0.1, 0.15) is 17.9 Å². The van der Waals surface area contributed by atoms with Crippen LogP contribution >= 0.6 is 23.2 Å². The summed E-state index contributed by atoms with van der Waals surface area (Å²) in [6.45, 7) is 4.42. The number of anilines is 1. The molecular formula is C20H19Cl2N2O3+. The molecule has 1 saturated heterocycles. The summed E-state index contributed by atoms with van der Waals surface area (Å²) in [5.74, 6) is -0.0908. The molecule has 1 fully saturated rings. The smallest absolute Gasteiger partial charge is 0.336 e. The summed E-state index contributed by atoms with van der Waals surface area (Å²) < 4.78 is 5.21. The lowest BCUT2D eigenvalue weighted by Crippen LogP contribution is -3.13. The lowest BCUT2D eigenvalue weighted by atomic mass is 10.1. The predicted octanol–water partition coefficient (Wildman–Crippen LogP) is 2.71. The molecule has 2 heterocycles. The van der Waals surface area contributed by atoms with E-state index < -0.39 is 5.63 Å². The first-order valence-electron chi connectivity index (χ1n) is 8.79. The van der Waals surface area contributed by atoms with E-state index in [1.807, 2.05) is 18.2 Å². The van der Waals surface area contributed by atoms with Crippen molar-refractivity contribution in [3.63, 3.8) is 0 Å². The fourth-order valence-corrected chi connectivity index (χ4v) is 3.93. The summed E-state index contributed by atoms with van der Waals surface area (Å²) in [5, 5.41) is 11.5. The van der Waals surface area contributed by atoms with Gasteiger partial charge in [0.05, 0.1) is 31.2 Å². The molecule has 140 valence electrons. The first-order chi connectivity index (χ1) is 13.0. The average molecular weight is 406 g/mol. The third-order valence-electron chi connectivity index (χ3n) is 4.98. The van der Waals surface area contributed by atoms with E-state index in [2.05, 4.69) is 11.0 Å². The van der Waals surface area contributed by atoms with Crippen molar-refractivity contribution in [3.8, 4) is 5.75 Å². The van der Waals surface area contributed by atoms with E-state index in [-0.39, 0.29) is 10.8 Å². The average Bonchev–Trinajstić information content (AvgIpc) is 2.64. The Morgan fingerprint density at radius 1 is 1.11 bits per heavy atom. The molecule has 0 radical (unpaired) electrons. The van der Waals surface area contributed by atoms with Gasteiger partial charge in [0.15, 0.2) is 0 Å². The highest BCUT2D eigenvalue weighted by atomic mass is 35.5. The second kappa shape index (κ2) is 7.43. The molecule has 0 aliphatic carbocycles. The van der Waals surface area contributed by atoms with E-state index in [1.165, 1.54) is 17.0 Å². The summed E-state index contributed by atoms with van der Waals surface area (Å²) >= 11 is 12.1. The predicted molar refractivity (Wildman–Crippen MR) is 107 cm³/mol. The third kappa shape index (κ3) is 3.90. The lowest BCUT2D eigenvalue weighted by Gasteiger charge is -2.33.